The van der Waals surface area contributed by atoms with Crippen molar-refractivity contribution in [2.45, 2.75) is 18.9 Å². The van der Waals surface area contributed by atoms with Crippen molar-refractivity contribution < 1.29 is 32.9 Å². The minimum atomic E-state index is -4.92. The van der Waals surface area contributed by atoms with Crippen LogP contribution in [0.25, 0.3) is 0 Å². The molecule has 1 fully saturated rings. The van der Waals surface area contributed by atoms with Crippen molar-refractivity contribution in [2.75, 3.05) is 0 Å². The van der Waals surface area contributed by atoms with Crippen LogP contribution in [-0.2, 0) is 18.2 Å². The van der Waals surface area contributed by atoms with Gasteiger partial charge in [0.15, 0.2) is 5.85 Å². The summed E-state index contributed by atoms with van der Waals surface area (Å²) in [5.41, 5.74) is 0. The van der Waals surface area contributed by atoms with Gasteiger partial charge in [-0.05, 0) is 6.92 Å². The topological polar surface area (TPSA) is 117 Å². The first-order chi connectivity index (χ1) is 5.22. The summed E-state index contributed by atoms with van der Waals surface area (Å²) in [5, 5.41) is 0. The molecule has 3 N–H and O–H groups in total. The SMILES string of the molecule is C[C@H]1O[C@H]1P(=O)(O)OP(=O)(O)O. The molecule has 0 aliphatic carbocycles. The third-order valence-electron chi connectivity index (χ3n) is 1.22. The summed E-state index contributed by atoms with van der Waals surface area (Å²) in [6, 6.07) is 0. The van der Waals surface area contributed by atoms with Gasteiger partial charge in [-0.15, -0.1) is 0 Å². The van der Waals surface area contributed by atoms with Gasteiger partial charge in [-0.25, -0.2) is 8.88 Å². The lowest BCUT2D eigenvalue weighted by Gasteiger charge is -2.09. The smallest absolute Gasteiger partial charge is 0.356 e. The zero-order chi connectivity index (χ0) is 9.57. The summed E-state index contributed by atoms with van der Waals surface area (Å²) < 4.78 is 29.3. The number of phosphoric acid groups is 1. The highest BCUT2D eigenvalue weighted by Gasteiger charge is 2.53. The molecule has 0 aromatic heterocycles. The van der Waals surface area contributed by atoms with Gasteiger partial charge in [0, 0.05) is 0 Å². The van der Waals surface area contributed by atoms with Crippen molar-refractivity contribution in [1.29, 1.82) is 0 Å². The third kappa shape index (κ3) is 2.64. The van der Waals surface area contributed by atoms with E-state index in [1.807, 2.05) is 0 Å². The summed E-state index contributed by atoms with van der Waals surface area (Å²) >= 11 is 0. The first-order valence-corrected chi connectivity index (χ1v) is 6.15. The van der Waals surface area contributed by atoms with Crippen molar-refractivity contribution in [2.24, 2.45) is 0 Å². The third-order valence-corrected chi connectivity index (χ3v) is 4.20. The fourth-order valence-electron chi connectivity index (χ4n) is 0.716. The minimum absolute atomic E-state index is 0.493. The maximum Gasteiger partial charge on any atom is 0.476 e. The highest BCUT2D eigenvalue weighted by Crippen LogP contribution is 2.65. The second-order valence-corrected chi connectivity index (χ2v) is 5.64. The van der Waals surface area contributed by atoms with Crippen LogP contribution in [0.4, 0.5) is 0 Å². The van der Waals surface area contributed by atoms with Crippen LogP contribution in [0.15, 0.2) is 0 Å². The van der Waals surface area contributed by atoms with Gasteiger partial charge in [0.2, 0.25) is 0 Å². The van der Waals surface area contributed by atoms with Gasteiger partial charge < -0.3 is 19.4 Å². The molecule has 1 aliphatic heterocycles. The predicted octanol–water partition coefficient (Wildman–Crippen LogP) is 0.0259. The summed E-state index contributed by atoms with van der Waals surface area (Å²) in [6.07, 6.45) is -0.493. The Morgan fingerprint density at radius 2 is 1.75 bits per heavy atom. The van der Waals surface area contributed by atoms with Crippen LogP contribution in [0.1, 0.15) is 6.92 Å². The van der Waals surface area contributed by atoms with E-state index in [1.54, 1.807) is 0 Å². The first-order valence-electron chi connectivity index (χ1n) is 2.97. The Bertz CT molecular complexity index is 268. The first kappa shape index (κ1) is 10.3. The van der Waals surface area contributed by atoms with Gasteiger partial charge in [0.05, 0.1) is 6.10 Å². The molecule has 0 aromatic rings. The Kier molecular flexibility index (Phi) is 2.49. The molecule has 9 heteroatoms. The fraction of sp³-hybridized carbons (Fsp3) is 1.00. The highest BCUT2D eigenvalue weighted by atomic mass is 31.3. The second-order valence-electron chi connectivity index (χ2n) is 2.37. The Balaban J connectivity index is 2.62. The molecule has 1 rings (SSSR count). The average molecular weight is 218 g/mol. The molecule has 1 unspecified atom stereocenters. The molecule has 0 amide bonds. The molecule has 1 aliphatic rings. The van der Waals surface area contributed by atoms with Gasteiger partial charge in [-0.2, -0.15) is 0 Å². The molecule has 0 aromatic carbocycles. The van der Waals surface area contributed by atoms with Crippen LogP contribution in [0.5, 0.6) is 0 Å². The van der Waals surface area contributed by atoms with E-state index in [2.05, 4.69) is 9.05 Å². The van der Waals surface area contributed by atoms with Crippen molar-refractivity contribution >= 4 is 15.4 Å². The van der Waals surface area contributed by atoms with Gasteiger partial charge in [-0.3, -0.25) is 4.57 Å². The molecule has 1 saturated heterocycles. The number of hydrogen-bond donors (Lipinski definition) is 3. The maximum atomic E-state index is 10.9. The molecule has 72 valence electrons. The molecular weight excluding hydrogens is 210 g/mol. The molecule has 0 saturated carbocycles. The van der Waals surface area contributed by atoms with Crippen LogP contribution in [-0.4, -0.2) is 26.6 Å². The lowest BCUT2D eigenvalue weighted by molar-refractivity contribution is 0.255. The Hall–Kier alpha value is 0.260. The molecule has 1 heterocycles. The van der Waals surface area contributed by atoms with Crippen LogP contribution in [0.3, 0.4) is 0 Å². The van der Waals surface area contributed by atoms with Gasteiger partial charge in [-0.1, -0.05) is 0 Å². The van der Waals surface area contributed by atoms with E-state index in [9.17, 15) is 9.13 Å². The minimum Gasteiger partial charge on any atom is -0.356 e. The van der Waals surface area contributed by atoms with E-state index in [1.165, 1.54) is 6.92 Å². The summed E-state index contributed by atoms with van der Waals surface area (Å²) in [5.74, 6) is -1.11. The average Bonchev–Trinajstić information content (AvgIpc) is 2.38. The lowest BCUT2D eigenvalue weighted by Crippen LogP contribution is -1.96. The monoisotopic (exact) mass is 218 g/mol. The zero-order valence-electron chi connectivity index (χ0n) is 6.02. The van der Waals surface area contributed by atoms with E-state index in [4.69, 9.17) is 14.7 Å². The van der Waals surface area contributed by atoms with E-state index in [0.717, 1.165) is 0 Å². The molecule has 7 nitrogen and oxygen atoms in total. The lowest BCUT2D eigenvalue weighted by atomic mass is 10.6. The maximum absolute atomic E-state index is 10.9. The van der Waals surface area contributed by atoms with E-state index >= 15 is 0 Å². The second kappa shape index (κ2) is 2.89. The van der Waals surface area contributed by atoms with Crippen molar-refractivity contribution in [3.63, 3.8) is 0 Å². The highest BCUT2D eigenvalue weighted by molar-refractivity contribution is 7.64. The number of hydrogen-bond acceptors (Lipinski definition) is 4. The van der Waals surface area contributed by atoms with E-state index in [0.29, 0.717) is 0 Å². The van der Waals surface area contributed by atoms with Crippen LogP contribution < -0.4 is 0 Å². The Morgan fingerprint density at radius 3 is 2.00 bits per heavy atom. The summed E-state index contributed by atoms with van der Waals surface area (Å²) in [4.78, 5) is 25.3. The van der Waals surface area contributed by atoms with Gasteiger partial charge in [0.1, 0.15) is 0 Å². The quantitative estimate of drug-likeness (QED) is 0.451. The van der Waals surface area contributed by atoms with Crippen LogP contribution in [0.2, 0.25) is 0 Å². The summed E-state index contributed by atoms with van der Waals surface area (Å²) in [7, 11) is -9.24. The Labute approximate surface area is 68.1 Å². The standard InChI is InChI=1S/C3H8O7P2/c1-2-3(9-2)11(4,5)10-12(6,7)8/h2-3H,1H3,(H,4,5)(H2,6,7,8)/t2-,3+/m1/s1. The number of ether oxygens (including phenoxy) is 1. The molecule has 0 spiro atoms. The van der Waals surface area contributed by atoms with Crippen LogP contribution in [0, 0.1) is 0 Å². The van der Waals surface area contributed by atoms with Gasteiger partial charge >= 0.3 is 15.4 Å². The summed E-state index contributed by atoms with van der Waals surface area (Å²) in [6.45, 7) is 1.50. The number of epoxide rings is 1. The predicted molar refractivity (Wildman–Crippen MR) is 37.3 cm³/mol. The normalized spacial score (nSPS) is 34.3. The Morgan fingerprint density at radius 1 is 1.33 bits per heavy atom. The largest absolute Gasteiger partial charge is 0.476 e. The molecule has 0 bridgehead atoms. The molecule has 3 atom stereocenters. The zero-order valence-corrected chi connectivity index (χ0v) is 7.81. The molecule has 12 heavy (non-hydrogen) atoms. The van der Waals surface area contributed by atoms with E-state index in [-0.39, 0.29) is 0 Å². The van der Waals surface area contributed by atoms with Crippen molar-refractivity contribution in [3.8, 4) is 0 Å². The molecular formula is C3H8O7P2. The van der Waals surface area contributed by atoms with Crippen molar-refractivity contribution in [1.82, 2.24) is 0 Å². The number of rotatable bonds is 3. The fourth-order valence-corrected chi connectivity index (χ4v) is 3.18. The van der Waals surface area contributed by atoms with Gasteiger partial charge in [0.25, 0.3) is 0 Å². The molecule has 0 radical (unpaired) electrons. The van der Waals surface area contributed by atoms with E-state index < -0.39 is 27.4 Å². The van der Waals surface area contributed by atoms with Crippen LogP contribution >= 0.6 is 15.4 Å². The van der Waals surface area contributed by atoms with Crippen molar-refractivity contribution in [3.05, 3.63) is 0 Å².